The molecule has 106 valence electrons. The zero-order valence-electron chi connectivity index (χ0n) is 12.1. The average Bonchev–Trinajstić information content (AvgIpc) is 2.87. The molecule has 0 atom stereocenters. The van der Waals surface area contributed by atoms with Gasteiger partial charge >= 0.3 is 0 Å². The number of nitrogens with zero attached hydrogens (tertiary/aromatic N) is 2. The lowest BCUT2D eigenvalue weighted by molar-refractivity contribution is 0.431. The Morgan fingerprint density at radius 3 is 2.48 bits per heavy atom. The minimum absolute atomic E-state index is 0.216. The van der Waals surface area contributed by atoms with Crippen LogP contribution in [0.1, 0.15) is 16.8 Å². The van der Waals surface area contributed by atoms with Crippen LogP contribution in [0.5, 0.6) is 0 Å². The van der Waals surface area contributed by atoms with Crippen molar-refractivity contribution in [3.05, 3.63) is 57.5 Å². The van der Waals surface area contributed by atoms with E-state index >= 15 is 0 Å². The van der Waals surface area contributed by atoms with Crippen molar-refractivity contribution < 1.29 is 4.52 Å². The van der Waals surface area contributed by atoms with E-state index in [1.165, 1.54) is 0 Å². The largest absolute Gasteiger partial charge is 0.333 e. The number of rotatable bonds is 2. The number of H-pyrrole nitrogens is 1. The zero-order chi connectivity index (χ0) is 15.0. The number of aromatic amines is 1. The van der Waals surface area contributed by atoms with E-state index in [9.17, 15) is 4.79 Å². The van der Waals surface area contributed by atoms with E-state index in [-0.39, 0.29) is 11.4 Å². The second-order valence-electron chi connectivity index (χ2n) is 5.13. The van der Waals surface area contributed by atoms with Crippen LogP contribution in [0.25, 0.3) is 22.8 Å². The lowest BCUT2D eigenvalue weighted by Gasteiger charge is -2.00. The van der Waals surface area contributed by atoms with Crippen molar-refractivity contribution in [1.82, 2.24) is 15.1 Å². The van der Waals surface area contributed by atoms with Gasteiger partial charge in [0.1, 0.15) is 5.56 Å². The maximum absolute atomic E-state index is 12.1. The van der Waals surface area contributed by atoms with Gasteiger partial charge in [-0.05, 0) is 32.4 Å². The monoisotopic (exact) mass is 281 g/mol. The highest BCUT2D eigenvalue weighted by Gasteiger charge is 2.16. The Morgan fingerprint density at radius 2 is 1.81 bits per heavy atom. The van der Waals surface area contributed by atoms with Crippen molar-refractivity contribution in [3.63, 3.8) is 0 Å². The summed E-state index contributed by atoms with van der Waals surface area (Å²) < 4.78 is 5.26. The van der Waals surface area contributed by atoms with Crippen LogP contribution >= 0.6 is 0 Å². The van der Waals surface area contributed by atoms with E-state index in [4.69, 9.17) is 4.52 Å². The Balaban J connectivity index is 2.07. The van der Waals surface area contributed by atoms with Gasteiger partial charge in [-0.2, -0.15) is 4.98 Å². The molecule has 21 heavy (non-hydrogen) atoms. The van der Waals surface area contributed by atoms with Gasteiger partial charge in [0.05, 0.1) is 0 Å². The summed E-state index contributed by atoms with van der Waals surface area (Å²) in [5.74, 6) is 0.716. The molecule has 0 aliphatic carbocycles. The van der Waals surface area contributed by atoms with Gasteiger partial charge < -0.3 is 9.51 Å². The summed E-state index contributed by atoms with van der Waals surface area (Å²) in [5.41, 5.74) is 3.85. The molecule has 3 rings (SSSR count). The van der Waals surface area contributed by atoms with Gasteiger partial charge in [-0.25, -0.2) is 0 Å². The van der Waals surface area contributed by atoms with E-state index in [0.717, 1.165) is 22.4 Å². The van der Waals surface area contributed by atoms with Gasteiger partial charge in [0.15, 0.2) is 0 Å². The molecule has 5 heteroatoms. The maximum Gasteiger partial charge on any atom is 0.264 e. The summed E-state index contributed by atoms with van der Waals surface area (Å²) in [5, 5.41) is 3.96. The summed E-state index contributed by atoms with van der Waals surface area (Å²) in [4.78, 5) is 19.2. The van der Waals surface area contributed by atoms with Crippen molar-refractivity contribution in [2.45, 2.75) is 20.8 Å². The molecule has 0 fully saturated rings. The summed E-state index contributed by atoms with van der Waals surface area (Å²) in [6.45, 7) is 5.71. The van der Waals surface area contributed by atoms with E-state index in [0.29, 0.717) is 11.4 Å². The van der Waals surface area contributed by atoms with Crippen LogP contribution in [0.3, 0.4) is 0 Å². The molecule has 1 N–H and O–H groups in total. The second kappa shape index (κ2) is 5.01. The normalized spacial score (nSPS) is 10.8. The molecule has 2 heterocycles. The Morgan fingerprint density at radius 1 is 1.10 bits per heavy atom. The third-order valence-electron chi connectivity index (χ3n) is 3.31. The SMILES string of the molecule is Cc1ccc(-c2noc(-c3c(C)cc(C)[nH]c3=O)n2)cc1. The summed E-state index contributed by atoms with van der Waals surface area (Å²) in [6.07, 6.45) is 0. The highest BCUT2D eigenvalue weighted by molar-refractivity contribution is 5.61. The van der Waals surface area contributed by atoms with Gasteiger partial charge in [-0.1, -0.05) is 35.0 Å². The van der Waals surface area contributed by atoms with E-state index in [1.54, 1.807) is 0 Å². The lowest BCUT2D eigenvalue weighted by Crippen LogP contribution is -2.12. The Kier molecular flexibility index (Phi) is 3.17. The average molecular weight is 281 g/mol. The number of pyridine rings is 1. The van der Waals surface area contributed by atoms with Crippen molar-refractivity contribution in [1.29, 1.82) is 0 Å². The highest BCUT2D eigenvalue weighted by atomic mass is 16.5. The molecule has 0 unspecified atom stereocenters. The quantitative estimate of drug-likeness (QED) is 0.783. The molecule has 0 aliphatic heterocycles. The van der Waals surface area contributed by atoms with Gasteiger partial charge in [0, 0.05) is 11.3 Å². The van der Waals surface area contributed by atoms with Gasteiger partial charge in [-0.3, -0.25) is 4.79 Å². The summed E-state index contributed by atoms with van der Waals surface area (Å²) in [7, 11) is 0. The number of nitrogens with one attached hydrogen (secondary N) is 1. The third kappa shape index (κ3) is 2.50. The Bertz CT molecular complexity index is 845. The van der Waals surface area contributed by atoms with Crippen LogP contribution in [-0.2, 0) is 0 Å². The number of hydrogen-bond acceptors (Lipinski definition) is 4. The lowest BCUT2D eigenvalue weighted by atomic mass is 10.1. The Labute approximate surface area is 121 Å². The second-order valence-corrected chi connectivity index (χ2v) is 5.13. The molecule has 0 radical (unpaired) electrons. The zero-order valence-corrected chi connectivity index (χ0v) is 12.1. The fourth-order valence-electron chi connectivity index (χ4n) is 2.26. The van der Waals surface area contributed by atoms with Gasteiger partial charge in [0.2, 0.25) is 5.82 Å². The summed E-state index contributed by atoms with van der Waals surface area (Å²) >= 11 is 0. The molecule has 5 nitrogen and oxygen atoms in total. The minimum atomic E-state index is -0.216. The standard InChI is InChI=1S/C16H15N3O2/c1-9-4-6-12(7-5-9)14-18-16(21-19-14)13-10(2)8-11(3)17-15(13)20/h4-8H,1-3H3,(H,17,20). The number of benzene rings is 1. The van der Waals surface area contributed by atoms with Crippen LogP contribution in [0.15, 0.2) is 39.6 Å². The molecular weight excluding hydrogens is 266 g/mol. The summed E-state index contributed by atoms with van der Waals surface area (Å²) in [6, 6.07) is 9.70. The number of hydrogen-bond donors (Lipinski definition) is 1. The molecular formula is C16H15N3O2. The van der Waals surface area contributed by atoms with Crippen molar-refractivity contribution in [3.8, 4) is 22.8 Å². The molecule has 0 bridgehead atoms. The van der Waals surface area contributed by atoms with Crippen molar-refractivity contribution in [2.75, 3.05) is 0 Å². The highest BCUT2D eigenvalue weighted by Crippen LogP contribution is 2.22. The number of aromatic nitrogens is 3. The van der Waals surface area contributed by atoms with E-state index < -0.39 is 0 Å². The Hall–Kier alpha value is -2.69. The van der Waals surface area contributed by atoms with Crippen LogP contribution < -0.4 is 5.56 Å². The fraction of sp³-hybridized carbons (Fsp3) is 0.188. The van der Waals surface area contributed by atoms with Crippen molar-refractivity contribution in [2.24, 2.45) is 0 Å². The molecule has 1 aromatic carbocycles. The van der Waals surface area contributed by atoms with Crippen LogP contribution in [0, 0.1) is 20.8 Å². The topological polar surface area (TPSA) is 71.8 Å². The fourth-order valence-corrected chi connectivity index (χ4v) is 2.26. The minimum Gasteiger partial charge on any atom is -0.333 e. The predicted molar refractivity (Wildman–Crippen MR) is 80.0 cm³/mol. The number of aryl methyl sites for hydroxylation is 3. The molecule has 0 saturated carbocycles. The van der Waals surface area contributed by atoms with Gasteiger partial charge in [-0.15, -0.1) is 0 Å². The van der Waals surface area contributed by atoms with Crippen molar-refractivity contribution >= 4 is 0 Å². The molecule has 0 spiro atoms. The van der Waals surface area contributed by atoms with E-state index in [1.807, 2.05) is 51.1 Å². The first-order valence-electron chi connectivity index (χ1n) is 6.66. The van der Waals surface area contributed by atoms with Gasteiger partial charge in [0.25, 0.3) is 11.4 Å². The first kappa shape index (κ1) is 13.3. The van der Waals surface area contributed by atoms with Crippen LogP contribution in [-0.4, -0.2) is 15.1 Å². The smallest absolute Gasteiger partial charge is 0.264 e. The molecule has 3 aromatic rings. The first-order chi connectivity index (χ1) is 10.0. The van der Waals surface area contributed by atoms with Crippen LogP contribution in [0.4, 0.5) is 0 Å². The molecule has 2 aromatic heterocycles. The maximum atomic E-state index is 12.1. The molecule has 0 aliphatic rings. The van der Waals surface area contributed by atoms with E-state index in [2.05, 4.69) is 15.1 Å². The predicted octanol–water partition coefficient (Wildman–Crippen LogP) is 3.02. The third-order valence-corrected chi connectivity index (χ3v) is 3.31. The molecule has 0 amide bonds. The first-order valence-corrected chi connectivity index (χ1v) is 6.66. The molecule has 0 saturated heterocycles. The van der Waals surface area contributed by atoms with Crippen LogP contribution in [0.2, 0.25) is 0 Å².